The van der Waals surface area contributed by atoms with E-state index in [1.54, 1.807) is 9.47 Å². The van der Waals surface area contributed by atoms with Crippen molar-refractivity contribution in [1.82, 2.24) is 19.4 Å². The maximum atomic E-state index is 12.5. The van der Waals surface area contributed by atoms with Gasteiger partial charge in [-0.1, -0.05) is 19.3 Å². The number of nitrogens with one attached hydrogen (secondary N) is 1. The number of amides is 1. The van der Waals surface area contributed by atoms with Crippen molar-refractivity contribution in [1.29, 1.82) is 5.26 Å². The summed E-state index contributed by atoms with van der Waals surface area (Å²) in [6.07, 6.45) is 11.3. The van der Waals surface area contributed by atoms with Crippen molar-refractivity contribution in [3.8, 4) is 6.07 Å². The van der Waals surface area contributed by atoms with Crippen LogP contribution in [0.3, 0.4) is 0 Å². The van der Waals surface area contributed by atoms with Gasteiger partial charge in [0.2, 0.25) is 5.91 Å². The zero-order chi connectivity index (χ0) is 17.6. The molecule has 2 heterocycles. The third kappa shape index (κ3) is 4.13. The lowest BCUT2D eigenvalue weighted by atomic mass is 9.95. The number of nitrogens with zero attached hydrogens (tertiary/aromatic N) is 4. The molecule has 1 saturated heterocycles. The van der Waals surface area contributed by atoms with Gasteiger partial charge >= 0.3 is 5.69 Å². The van der Waals surface area contributed by atoms with Crippen LogP contribution in [0.1, 0.15) is 51.0 Å². The number of nitriles is 1. The lowest BCUT2D eigenvalue weighted by Crippen LogP contribution is -2.41. The predicted octanol–water partition coefficient (Wildman–Crippen LogP) is 1.26. The zero-order valence-corrected chi connectivity index (χ0v) is 14.7. The molecule has 136 valence electrons. The molecule has 1 unspecified atom stereocenters. The van der Waals surface area contributed by atoms with Gasteiger partial charge in [0.05, 0.1) is 12.6 Å². The summed E-state index contributed by atoms with van der Waals surface area (Å²) in [5.74, 6) is -0.0313. The molecule has 1 saturated carbocycles. The second-order valence-electron chi connectivity index (χ2n) is 7.02. The van der Waals surface area contributed by atoms with Gasteiger partial charge in [0.15, 0.2) is 0 Å². The largest absolute Gasteiger partial charge is 0.328 e. The Labute approximate surface area is 148 Å². The van der Waals surface area contributed by atoms with E-state index in [0.29, 0.717) is 25.7 Å². The molecule has 1 aromatic rings. The highest BCUT2D eigenvalue weighted by Crippen LogP contribution is 2.26. The molecule has 1 aromatic heterocycles. The first kappa shape index (κ1) is 17.7. The summed E-state index contributed by atoms with van der Waals surface area (Å²) in [6.45, 7) is 2.00. The SMILES string of the molecule is N#CC1CCCN1C(=O)CNCCn1ccn(C2CCCCC2)c1=O. The van der Waals surface area contributed by atoms with Gasteiger partial charge in [-0.25, -0.2) is 4.79 Å². The number of likely N-dealkylation sites (tertiary alicyclic amines) is 1. The molecule has 1 aliphatic carbocycles. The molecule has 2 fully saturated rings. The Balaban J connectivity index is 1.45. The van der Waals surface area contributed by atoms with E-state index in [1.807, 2.05) is 17.0 Å². The van der Waals surface area contributed by atoms with Crippen molar-refractivity contribution >= 4 is 5.91 Å². The Kier molecular flexibility index (Phi) is 5.92. The number of hydrogen-bond acceptors (Lipinski definition) is 4. The van der Waals surface area contributed by atoms with Crippen molar-refractivity contribution in [2.75, 3.05) is 19.6 Å². The fraction of sp³-hybridized carbons (Fsp3) is 0.722. The summed E-state index contributed by atoms with van der Waals surface area (Å²) in [7, 11) is 0. The molecule has 0 aromatic carbocycles. The van der Waals surface area contributed by atoms with Crippen molar-refractivity contribution in [2.24, 2.45) is 0 Å². The van der Waals surface area contributed by atoms with E-state index in [9.17, 15) is 9.59 Å². The van der Waals surface area contributed by atoms with Crippen LogP contribution in [0.15, 0.2) is 17.2 Å². The van der Waals surface area contributed by atoms with Crippen LogP contribution in [0.5, 0.6) is 0 Å². The molecular weight excluding hydrogens is 318 g/mol. The van der Waals surface area contributed by atoms with E-state index in [-0.39, 0.29) is 24.2 Å². The highest BCUT2D eigenvalue weighted by atomic mass is 16.2. The molecule has 1 N–H and O–H groups in total. The molecule has 1 amide bonds. The van der Waals surface area contributed by atoms with E-state index < -0.39 is 0 Å². The van der Waals surface area contributed by atoms with Crippen LogP contribution in [0.25, 0.3) is 0 Å². The molecule has 7 heteroatoms. The van der Waals surface area contributed by atoms with Gasteiger partial charge in [0.1, 0.15) is 6.04 Å². The topological polar surface area (TPSA) is 83.1 Å². The summed E-state index contributed by atoms with van der Waals surface area (Å²) in [4.78, 5) is 26.3. The van der Waals surface area contributed by atoms with Crippen molar-refractivity contribution in [3.05, 3.63) is 22.9 Å². The molecule has 0 spiro atoms. The van der Waals surface area contributed by atoms with Crippen LogP contribution in [0.4, 0.5) is 0 Å². The van der Waals surface area contributed by atoms with Gasteiger partial charge in [-0.15, -0.1) is 0 Å². The summed E-state index contributed by atoms with van der Waals surface area (Å²) < 4.78 is 3.58. The van der Waals surface area contributed by atoms with Crippen molar-refractivity contribution in [3.63, 3.8) is 0 Å². The Hall–Kier alpha value is -2.07. The monoisotopic (exact) mass is 345 g/mol. The second-order valence-corrected chi connectivity index (χ2v) is 7.02. The average Bonchev–Trinajstić information content (AvgIpc) is 3.26. The Morgan fingerprint density at radius 3 is 2.76 bits per heavy atom. The van der Waals surface area contributed by atoms with Gasteiger partial charge < -0.3 is 10.2 Å². The van der Waals surface area contributed by atoms with E-state index in [4.69, 9.17) is 5.26 Å². The standard InChI is InChI=1S/C18H27N5O2/c19-13-16-7-4-9-22(16)17(24)14-20-8-10-21-11-12-23(18(21)25)15-5-2-1-3-6-15/h11-12,15-16,20H,1-10,14H2. The zero-order valence-electron chi connectivity index (χ0n) is 14.7. The fourth-order valence-electron chi connectivity index (χ4n) is 3.93. The third-order valence-electron chi connectivity index (χ3n) is 5.37. The van der Waals surface area contributed by atoms with Crippen LogP contribution in [0.2, 0.25) is 0 Å². The van der Waals surface area contributed by atoms with Gasteiger partial charge in [-0.05, 0) is 25.7 Å². The van der Waals surface area contributed by atoms with Crippen LogP contribution >= 0.6 is 0 Å². The highest BCUT2D eigenvalue weighted by Gasteiger charge is 2.27. The molecule has 1 atom stereocenters. The number of imidazole rings is 1. The number of carbonyl (C=O) groups is 1. The molecule has 1 aliphatic heterocycles. The summed E-state index contributed by atoms with van der Waals surface area (Å²) in [5.41, 5.74) is 0.0455. The number of aromatic nitrogens is 2. The maximum Gasteiger partial charge on any atom is 0.328 e. The maximum absolute atomic E-state index is 12.5. The van der Waals surface area contributed by atoms with Gasteiger partial charge in [0, 0.05) is 38.1 Å². The predicted molar refractivity (Wildman–Crippen MR) is 94.0 cm³/mol. The minimum Gasteiger partial charge on any atom is -0.326 e. The van der Waals surface area contributed by atoms with Gasteiger partial charge in [-0.3, -0.25) is 13.9 Å². The second kappa shape index (κ2) is 8.34. The summed E-state index contributed by atoms with van der Waals surface area (Å²) >= 11 is 0. The Bertz CT molecular complexity index is 680. The lowest BCUT2D eigenvalue weighted by Gasteiger charge is -2.22. The summed E-state index contributed by atoms with van der Waals surface area (Å²) in [6, 6.07) is 2.25. The number of hydrogen-bond donors (Lipinski definition) is 1. The number of carbonyl (C=O) groups excluding carboxylic acids is 1. The van der Waals surface area contributed by atoms with Gasteiger partial charge in [0.25, 0.3) is 0 Å². The average molecular weight is 345 g/mol. The quantitative estimate of drug-likeness (QED) is 0.787. The minimum absolute atomic E-state index is 0.0313. The van der Waals surface area contributed by atoms with E-state index in [2.05, 4.69) is 11.4 Å². The molecule has 0 radical (unpaired) electrons. The van der Waals surface area contributed by atoms with Crippen LogP contribution in [-0.4, -0.2) is 45.6 Å². The normalized spacial score (nSPS) is 21.4. The fourth-order valence-corrected chi connectivity index (χ4v) is 3.93. The minimum atomic E-state index is -0.276. The molecule has 25 heavy (non-hydrogen) atoms. The molecule has 2 aliphatic rings. The van der Waals surface area contributed by atoms with Crippen LogP contribution in [-0.2, 0) is 11.3 Å². The summed E-state index contributed by atoms with van der Waals surface area (Å²) in [5, 5.41) is 12.1. The van der Waals surface area contributed by atoms with Crippen LogP contribution < -0.4 is 11.0 Å². The van der Waals surface area contributed by atoms with Crippen molar-refractivity contribution < 1.29 is 4.79 Å². The molecule has 0 bridgehead atoms. The molecular formula is C18H27N5O2. The lowest BCUT2D eigenvalue weighted by molar-refractivity contribution is -0.130. The van der Waals surface area contributed by atoms with E-state index in [1.165, 1.54) is 19.3 Å². The Morgan fingerprint density at radius 1 is 1.20 bits per heavy atom. The number of rotatable bonds is 6. The smallest absolute Gasteiger partial charge is 0.326 e. The van der Waals surface area contributed by atoms with Gasteiger partial charge in [-0.2, -0.15) is 5.26 Å². The molecule has 3 rings (SSSR count). The third-order valence-corrected chi connectivity index (χ3v) is 5.37. The van der Waals surface area contributed by atoms with E-state index >= 15 is 0 Å². The van der Waals surface area contributed by atoms with Crippen LogP contribution in [0, 0.1) is 11.3 Å². The van der Waals surface area contributed by atoms with Crippen molar-refractivity contribution in [2.45, 2.75) is 63.6 Å². The Morgan fingerprint density at radius 2 is 2.00 bits per heavy atom. The first-order valence-corrected chi connectivity index (χ1v) is 9.38. The molecule has 7 nitrogen and oxygen atoms in total. The first-order valence-electron chi connectivity index (χ1n) is 9.38. The highest BCUT2D eigenvalue weighted by molar-refractivity contribution is 5.79. The van der Waals surface area contributed by atoms with E-state index in [0.717, 1.165) is 25.7 Å². The first-order chi connectivity index (χ1) is 12.2.